The molecular weight excluding hydrogens is 310 g/mol. The smallest absolute Gasteiger partial charge is 0.321 e. The van der Waals surface area contributed by atoms with Crippen LogP contribution in [-0.4, -0.2) is 50.1 Å². The maximum Gasteiger partial charge on any atom is 0.321 e. The largest absolute Gasteiger partial charge is 0.481 e. The van der Waals surface area contributed by atoms with Gasteiger partial charge in [0.05, 0.1) is 24.0 Å². The Morgan fingerprint density at radius 3 is 2.62 bits per heavy atom. The first-order valence-corrected chi connectivity index (χ1v) is 7.78. The Morgan fingerprint density at radius 2 is 2.00 bits per heavy atom. The van der Waals surface area contributed by atoms with E-state index in [2.05, 4.69) is 15.6 Å². The Bertz CT molecular complexity index is 714. The number of carbonyl (C=O) groups is 2. The second kappa shape index (κ2) is 6.69. The highest BCUT2D eigenvalue weighted by Gasteiger charge is 2.31. The Kier molecular flexibility index (Phi) is 4.45. The zero-order chi connectivity index (χ0) is 17.1. The Balaban J connectivity index is 1.65. The van der Waals surface area contributed by atoms with Crippen LogP contribution in [0.4, 0.5) is 10.5 Å². The normalized spacial score (nSPS) is 20.6. The molecule has 0 bridgehead atoms. The molecule has 2 aromatic rings. The van der Waals surface area contributed by atoms with E-state index in [1.54, 1.807) is 34.1 Å². The van der Waals surface area contributed by atoms with E-state index in [-0.39, 0.29) is 18.5 Å². The van der Waals surface area contributed by atoms with Gasteiger partial charge in [0, 0.05) is 18.8 Å². The maximum absolute atomic E-state index is 12.4. The number of hydrogen-bond acceptors (Lipinski definition) is 4. The van der Waals surface area contributed by atoms with E-state index in [4.69, 9.17) is 0 Å². The Hall–Kier alpha value is -2.90. The third-order valence-electron chi connectivity index (χ3n) is 4.10. The summed E-state index contributed by atoms with van der Waals surface area (Å²) in [6.45, 7) is 2.76. The standard InChI is InChI=1S/C16H19N5O3/c1-11-8-12(15(22)23)10-20(9-11)16(24)18-13-2-4-14(5-3-13)21-7-6-17-19-21/h2-7,11-12H,8-10H2,1H3,(H,18,24)(H,22,23). The Morgan fingerprint density at radius 1 is 1.25 bits per heavy atom. The van der Waals surface area contributed by atoms with Crippen LogP contribution in [0, 0.1) is 11.8 Å². The molecule has 2 heterocycles. The number of aromatic nitrogens is 3. The zero-order valence-corrected chi connectivity index (χ0v) is 13.3. The molecule has 8 nitrogen and oxygen atoms in total. The van der Waals surface area contributed by atoms with Gasteiger partial charge in [0.2, 0.25) is 0 Å². The van der Waals surface area contributed by atoms with E-state index in [1.807, 2.05) is 19.1 Å². The summed E-state index contributed by atoms with van der Waals surface area (Å²) in [7, 11) is 0. The molecule has 1 fully saturated rings. The van der Waals surface area contributed by atoms with Gasteiger partial charge in [-0.2, -0.15) is 0 Å². The number of nitrogens with one attached hydrogen (secondary N) is 1. The van der Waals surface area contributed by atoms with E-state index in [0.29, 0.717) is 18.7 Å². The second-order valence-electron chi connectivity index (χ2n) is 6.11. The van der Waals surface area contributed by atoms with Crippen molar-refractivity contribution >= 4 is 17.7 Å². The minimum absolute atomic E-state index is 0.167. The molecule has 2 N–H and O–H groups in total. The molecule has 0 spiro atoms. The summed E-state index contributed by atoms with van der Waals surface area (Å²) in [5, 5.41) is 19.7. The first kappa shape index (κ1) is 16.0. The van der Waals surface area contributed by atoms with Crippen molar-refractivity contribution in [1.82, 2.24) is 19.9 Å². The fourth-order valence-electron chi connectivity index (χ4n) is 2.94. The molecule has 0 radical (unpaired) electrons. The number of likely N-dealkylation sites (tertiary alicyclic amines) is 1. The van der Waals surface area contributed by atoms with Crippen molar-refractivity contribution in [3.05, 3.63) is 36.7 Å². The minimum atomic E-state index is -0.850. The lowest BCUT2D eigenvalue weighted by Gasteiger charge is -2.34. The van der Waals surface area contributed by atoms with Crippen LogP contribution in [0.2, 0.25) is 0 Å². The van der Waals surface area contributed by atoms with Crippen LogP contribution in [-0.2, 0) is 4.79 Å². The van der Waals surface area contributed by atoms with Crippen molar-refractivity contribution in [2.24, 2.45) is 11.8 Å². The molecule has 1 saturated heterocycles. The van der Waals surface area contributed by atoms with Gasteiger partial charge < -0.3 is 15.3 Å². The molecule has 1 aromatic heterocycles. The van der Waals surface area contributed by atoms with E-state index < -0.39 is 11.9 Å². The van der Waals surface area contributed by atoms with Crippen molar-refractivity contribution in [3.8, 4) is 5.69 Å². The van der Waals surface area contributed by atoms with Gasteiger partial charge in [-0.1, -0.05) is 12.1 Å². The summed E-state index contributed by atoms with van der Waals surface area (Å²) in [6.07, 6.45) is 3.92. The van der Waals surface area contributed by atoms with Gasteiger partial charge in [0.1, 0.15) is 0 Å². The highest BCUT2D eigenvalue weighted by atomic mass is 16.4. The average Bonchev–Trinajstić information content (AvgIpc) is 3.09. The number of benzene rings is 1. The highest BCUT2D eigenvalue weighted by Crippen LogP contribution is 2.22. The third-order valence-corrected chi connectivity index (χ3v) is 4.10. The van der Waals surface area contributed by atoms with Gasteiger partial charge in [-0.25, -0.2) is 9.48 Å². The van der Waals surface area contributed by atoms with Gasteiger partial charge in [-0.15, -0.1) is 5.10 Å². The molecule has 3 rings (SSSR count). The number of urea groups is 1. The molecule has 2 amide bonds. The molecule has 1 aliphatic heterocycles. The maximum atomic E-state index is 12.4. The molecule has 0 saturated carbocycles. The summed E-state index contributed by atoms with van der Waals surface area (Å²) in [4.78, 5) is 25.2. The summed E-state index contributed by atoms with van der Waals surface area (Å²) in [5.41, 5.74) is 1.48. The summed E-state index contributed by atoms with van der Waals surface area (Å²) >= 11 is 0. The first-order chi connectivity index (χ1) is 11.5. The van der Waals surface area contributed by atoms with Crippen molar-refractivity contribution < 1.29 is 14.7 Å². The topological polar surface area (TPSA) is 100 Å². The van der Waals surface area contributed by atoms with Crippen LogP contribution in [0.5, 0.6) is 0 Å². The van der Waals surface area contributed by atoms with E-state index in [9.17, 15) is 14.7 Å². The SMILES string of the molecule is CC1CC(C(=O)O)CN(C(=O)Nc2ccc(-n3ccnn3)cc2)C1. The summed E-state index contributed by atoms with van der Waals surface area (Å²) in [5.74, 6) is -1.19. The van der Waals surface area contributed by atoms with Gasteiger partial charge in [-0.3, -0.25) is 4.79 Å². The number of carboxylic acids is 1. The molecular formula is C16H19N5O3. The van der Waals surface area contributed by atoms with E-state index >= 15 is 0 Å². The van der Waals surface area contributed by atoms with Crippen LogP contribution < -0.4 is 5.32 Å². The van der Waals surface area contributed by atoms with Crippen molar-refractivity contribution in [3.63, 3.8) is 0 Å². The van der Waals surface area contributed by atoms with Gasteiger partial charge >= 0.3 is 12.0 Å². The van der Waals surface area contributed by atoms with Gasteiger partial charge in [-0.05, 0) is 36.6 Å². The van der Waals surface area contributed by atoms with Crippen LogP contribution in [0.1, 0.15) is 13.3 Å². The Labute approximate surface area is 139 Å². The fourth-order valence-corrected chi connectivity index (χ4v) is 2.94. The molecule has 126 valence electrons. The number of piperidine rings is 1. The fraction of sp³-hybridized carbons (Fsp3) is 0.375. The highest BCUT2D eigenvalue weighted by molar-refractivity contribution is 5.89. The lowest BCUT2D eigenvalue weighted by atomic mass is 9.91. The molecule has 24 heavy (non-hydrogen) atoms. The lowest BCUT2D eigenvalue weighted by Crippen LogP contribution is -2.47. The molecule has 2 unspecified atom stereocenters. The minimum Gasteiger partial charge on any atom is -0.481 e. The number of anilines is 1. The van der Waals surface area contributed by atoms with Crippen LogP contribution in [0.25, 0.3) is 5.69 Å². The second-order valence-corrected chi connectivity index (χ2v) is 6.11. The van der Waals surface area contributed by atoms with Crippen LogP contribution in [0.3, 0.4) is 0 Å². The van der Waals surface area contributed by atoms with Crippen LogP contribution >= 0.6 is 0 Å². The summed E-state index contributed by atoms with van der Waals surface area (Å²) < 4.78 is 1.62. The number of nitrogens with zero attached hydrogens (tertiary/aromatic N) is 4. The molecule has 0 aliphatic carbocycles. The molecule has 1 aromatic carbocycles. The molecule has 8 heteroatoms. The monoisotopic (exact) mass is 329 g/mol. The number of aliphatic carboxylic acids is 1. The van der Waals surface area contributed by atoms with Crippen molar-refractivity contribution in [2.75, 3.05) is 18.4 Å². The number of amides is 2. The summed E-state index contributed by atoms with van der Waals surface area (Å²) in [6, 6.07) is 6.92. The van der Waals surface area contributed by atoms with E-state index in [0.717, 1.165) is 5.69 Å². The van der Waals surface area contributed by atoms with Gasteiger partial charge in [0.15, 0.2) is 0 Å². The average molecular weight is 329 g/mol. The predicted molar refractivity (Wildman–Crippen MR) is 86.9 cm³/mol. The quantitative estimate of drug-likeness (QED) is 0.895. The van der Waals surface area contributed by atoms with Crippen molar-refractivity contribution in [1.29, 1.82) is 0 Å². The number of hydrogen-bond donors (Lipinski definition) is 2. The number of carbonyl (C=O) groups excluding carboxylic acids is 1. The molecule has 2 atom stereocenters. The van der Waals surface area contributed by atoms with E-state index in [1.165, 1.54) is 0 Å². The predicted octanol–water partition coefficient (Wildman–Crippen LogP) is 1.84. The lowest BCUT2D eigenvalue weighted by molar-refractivity contribution is -0.143. The van der Waals surface area contributed by atoms with Gasteiger partial charge in [0.25, 0.3) is 0 Å². The zero-order valence-electron chi connectivity index (χ0n) is 13.3. The first-order valence-electron chi connectivity index (χ1n) is 7.78. The third kappa shape index (κ3) is 3.53. The number of carboxylic acid groups (broad SMARTS) is 1. The van der Waals surface area contributed by atoms with Crippen LogP contribution in [0.15, 0.2) is 36.7 Å². The van der Waals surface area contributed by atoms with Crippen molar-refractivity contribution in [2.45, 2.75) is 13.3 Å². The molecule has 1 aliphatic rings. The number of rotatable bonds is 3.